The normalized spacial score (nSPS) is 22.6. The fraction of sp³-hybridized carbons (Fsp3) is 0.423. The Labute approximate surface area is 173 Å². The highest BCUT2D eigenvalue weighted by Crippen LogP contribution is 2.43. The molecule has 4 rings (SSSR count). The van der Waals surface area contributed by atoms with E-state index in [1.807, 2.05) is 18.2 Å². The van der Waals surface area contributed by atoms with Crippen LogP contribution in [0.3, 0.4) is 0 Å². The van der Waals surface area contributed by atoms with E-state index in [0.717, 1.165) is 18.6 Å². The Hall–Kier alpha value is -2.55. The van der Waals surface area contributed by atoms with Crippen molar-refractivity contribution in [2.75, 3.05) is 13.2 Å². The van der Waals surface area contributed by atoms with Crippen molar-refractivity contribution >= 4 is 5.97 Å². The smallest absolute Gasteiger partial charge is 0.309 e. The molecule has 0 amide bonds. The second-order valence-corrected chi connectivity index (χ2v) is 8.77. The van der Waals surface area contributed by atoms with Gasteiger partial charge in [0.1, 0.15) is 5.75 Å². The molecule has 152 valence electrons. The first-order valence-electron chi connectivity index (χ1n) is 10.7. The van der Waals surface area contributed by atoms with Crippen LogP contribution in [-0.4, -0.2) is 19.2 Å². The van der Waals surface area contributed by atoms with Crippen LogP contribution in [0, 0.1) is 17.8 Å². The van der Waals surface area contributed by atoms with E-state index >= 15 is 0 Å². The van der Waals surface area contributed by atoms with Gasteiger partial charge >= 0.3 is 5.97 Å². The van der Waals surface area contributed by atoms with Crippen molar-refractivity contribution in [2.24, 2.45) is 17.8 Å². The van der Waals surface area contributed by atoms with Gasteiger partial charge in [-0.3, -0.25) is 4.79 Å². The van der Waals surface area contributed by atoms with Gasteiger partial charge in [0.15, 0.2) is 0 Å². The van der Waals surface area contributed by atoms with Gasteiger partial charge < -0.3 is 9.47 Å². The number of rotatable bonds is 8. The molecule has 0 aliphatic heterocycles. The summed E-state index contributed by atoms with van der Waals surface area (Å²) in [4.78, 5) is 12.2. The van der Waals surface area contributed by atoms with Crippen molar-refractivity contribution in [2.45, 2.75) is 38.5 Å². The third-order valence-electron chi connectivity index (χ3n) is 6.45. The zero-order chi connectivity index (χ0) is 20.3. The summed E-state index contributed by atoms with van der Waals surface area (Å²) < 4.78 is 11.3. The third kappa shape index (κ3) is 4.39. The quantitative estimate of drug-likeness (QED) is 0.337. The van der Waals surface area contributed by atoms with Crippen molar-refractivity contribution in [3.8, 4) is 5.75 Å². The summed E-state index contributed by atoms with van der Waals surface area (Å²) in [5.41, 5.74) is 2.49. The van der Waals surface area contributed by atoms with Crippen molar-refractivity contribution in [1.29, 1.82) is 0 Å². The van der Waals surface area contributed by atoms with E-state index in [1.54, 1.807) is 0 Å². The average Bonchev–Trinajstić information content (AvgIpc) is 3.38. The molecular formula is C26H30O3. The number of allylic oxidation sites excluding steroid dienone is 2. The maximum absolute atomic E-state index is 12.2. The van der Waals surface area contributed by atoms with Gasteiger partial charge in [0, 0.05) is 11.8 Å². The van der Waals surface area contributed by atoms with Crippen LogP contribution in [0.2, 0.25) is 0 Å². The van der Waals surface area contributed by atoms with Gasteiger partial charge in [0.05, 0.1) is 19.1 Å². The average molecular weight is 391 g/mol. The van der Waals surface area contributed by atoms with Gasteiger partial charge in [-0.2, -0.15) is 0 Å². The zero-order valence-corrected chi connectivity index (χ0v) is 17.3. The highest BCUT2D eigenvalue weighted by molar-refractivity contribution is 5.74. The number of esters is 1. The summed E-state index contributed by atoms with van der Waals surface area (Å²) in [5.74, 6) is 1.89. The first-order chi connectivity index (χ1) is 14.0. The van der Waals surface area contributed by atoms with E-state index < -0.39 is 0 Å². The second-order valence-electron chi connectivity index (χ2n) is 8.77. The Morgan fingerprint density at radius 1 is 0.931 bits per heavy atom. The van der Waals surface area contributed by atoms with Gasteiger partial charge in [0.2, 0.25) is 0 Å². The number of benzene rings is 2. The van der Waals surface area contributed by atoms with E-state index in [9.17, 15) is 4.79 Å². The molecule has 3 atom stereocenters. The molecule has 3 unspecified atom stereocenters. The molecule has 1 saturated carbocycles. The fourth-order valence-corrected chi connectivity index (χ4v) is 4.57. The molecule has 0 N–H and O–H groups in total. The number of hydrogen-bond donors (Lipinski definition) is 0. The van der Waals surface area contributed by atoms with E-state index in [1.165, 1.54) is 11.1 Å². The summed E-state index contributed by atoms with van der Waals surface area (Å²) in [7, 11) is 0. The van der Waals surface area contributed by atoms with Gasteiger partial charge in [-0.25, -0.2) is 0 Å². The molecule has 1 fully saturated rings. The maximum Gasteiger partial charge on any atom is 0.309 e. The first-order valence-corrected chi connectivity index (χ1v) is 10.7. The summed E-state index contributed by atoms with van der Waals surface area (Å²) in [6, 6.07) is 18.8. The van der Waals surface area contributed by atoms with E-state index in [0.29, 0.717) is 31.5 Å². The number of fused-ring (bicyclic) bond motifs is 2. The Bertz CT molecular complexity index is 851. The Balaban J connectivity index is 1.21. The number of ether oxygens (including phenoxy) is 2. The van der Waals surface area contributed by atoms with Crippen molar-refractivity contribution in [1.82, 2.24) is 0 Å². The van der Waals surface area contributed by atoms with E-state index in [-0.39, 0.29) is 17.3 Å². The topological polar surface area (TPSA) is 35.5 Å². The standard InChI is InChI=1S/C26H30O3/c1-26(2,21-7-4-3-5-8-21)22-11-13-23(14-12-22)28-15-6-16-29-25(27)24-18-19-9-10-20(24)17-19/h3-5,7-14,19-20,24H,6,15-18H2,1-2H3. The predicted octanol–water partition coefficient (Wildman–Crippen LogP) is 5.54. The number of carbonyl (C=O) groups excluding carboxylic acids is 1. The van der Waals surface area contributed by atoms with Crippen LogP contribution < -0.4 is 4.74 Å². The van der Waals surface area contributed by atoms with Gasteiger partial charge in [0.25, 0.3) is 0 Å². The van der Waals surface area contributed by atoms with Gasteiger partial charge in [-0.1, -0.05) is 68.5 Å². The molecule has 3 nitrogen and oxygen atoms in total. The van der Waals surface area contributed by atoms with Crippen LogP contribution in [0.25, 0.3) is 0 Å². The highest BCUT2D eigenvalue weighted by atomic mass is 16.5. The predicted molar refractivity (Wildman–Crippen MR) is 115 cm³/mol. The monoisotopic (exact) mass is 390 g/mol. The lowest BCUT2D eigenvalue weighted by atomic mass is 9.78. The van der Waals surface area contributed by atoms with Crippen LogP contribution in [-0.2, 0) is 14.9 Å². The van der Waals surface area contributed by atoms with E-state index in [4.69, 9.17) is 9.47 Å². The summed E-state index contributed by atoms with van der Waals surface area (Å²) >= 11 is 0. The largest absolute Gasteiger partial charge is 0.493 e. The Kier molecular flexibility index (Phi) is 5.75. The molecule has 29 heavy (non-hydrogen) atoms. The molecule has 0 radical (unpaired) electrons. The number of carbonyl (C=O) groups is 1. The van der Waals surface area contributed by atoms with Gasteiger partial charge in [-0.05, 0) is 47.9 Å². The minimum atomic E-state index is -0.0527. The lowest BCUT2D eigenvalue weighted by Gasteiger charge is -2.26. The lowest BCUT2D eigenvalue weighted by molar-refractivity contribution is -0.149. The van der Waals surface area contributed by atoms with Crippen LogP contribution in [0.5, 0.6) is 5.75 Å². The first kappa shape index (κ1) is 19.8. The summed E-state index contributed by atoms with van der Waals surface area (Å²) in [5, 5.41) is 0. The van der Waals surface area contributed by atoms with Crippen molar-refractivity contribution in [3.05, 3.63) is 77.9 Å². The van der Waals surface area contributed by atoms with Gasteiger partial charge in [-0.15, -0.1) is 0 Å². The van der Waals surface area contributed by atoms with Crippen LogP contribution >= 0.6 is 0 Å². The molecule has 2 bridgehead atoms. The van der Waals surface area contributed by atoms with E-state index in [2.05, 4.69) is 62.4 Å². The number of hydrogen-bond acceptors (Lipinski definition) is 3. The van der Waals surface area contributed by atoms with Crippen LogP contribution in [0.1, 0.15) is 44.2 Å². The maximum atomic E-state index is 12.2. The molecule has 3 heteroatoms. The third-order valence-corrected chi connectivity index (χ3v) is 6.45. The SMILES string of the molecule is CC(C)(c1ccccc1)c1ccc(OCCCOC(=O)C2CC3C=CC2C3)cc1. The van der Waals surface area contributed by atoms with Crippen LogP contribution in [0.4, 0.5) is 0 Å². The molecule has 0 aromatic heterocycles. The summed E-state index contributed by atoms with van der Waals surface area (Å²) in [6.07, 6.45) is 7.22. The van der Waals surface area contributed by atoms with Crippen molar-refractivity contribution in [3.63, 3.8) is 0 Å². The second kappa shape index (κ2) is 8.44. The lowest BCUT2D eigenvalue weighted by Crippen LogP contribution is -2.22. The molecule has 2 aliphatic rings. The molecule has 0 heterocycles. The molecule has 2 aromatic rings. The Morgan fingerprint density at radius 2 is 1.66 bits per heavy atom. The molecule has 2 aromatic carbocycles. The fourth-order valence-electron chi connectivity index (χ4n) is 4.57. The minimum Gasteiger partial charge on any atom is -0.493 e. The Morgan fingerprint density at radius 3 is 2.31 bits per heavy atom. The van der Waals surface area contributed by atoms with Crippen LogP contribution in [0.15, 0.2) is 66.7 Å². The van der Waals surface area contributed by atoms with Crippen molar-refractivity contribution < 1.29 is 14.3 Å². The molecule has 2 aliphatic carbocycles. The molecule has 0 spiro atoms. The highest BCUT2D eigenvalue weighted by Gasteiger charge is 2.40. The minimum absolute atomic E-state index is 0.0330. The molecule has 0 saturated heterocycles. The molecular weight excluding hydrogens is 360 g/mol. The summed E-state index contributed by atoms with van der Waals surface area (Å²) in [6.45, 7) is 5.44. The zero-order valence-electron chi connectivity index (χ0n) is 17.3.